The Hall–Kier alpha value is -2.68. The number of hydrogen-bond donors (Lipinski definition) is 1. The fraction of sp³-hybridized carbons (Fsp3) is 0.174. The minimum Gasteiger partial charge on any atom is -0.496 e. The summed E-state index contributed by atoms with van der Waals surface area (Å²) in [6, 6.07) is 13.6. The second-order valence-corrected chi connectivity index (χ2v) is 9.78. The van der Waals surface area contributed by atoms with Crippen molar-refractivity contribution in [2.75, 3.05) is 12.4 Å². The molecule has 0 saturated carbocycles. The summed E-state index contributed by atoms with van der Waals surface area (Å²) in [5, 5.41) is 8.53. The number of carbonyl (C=O) groups excluding carboxylic acids is 1. The van der Waals surface area contributed by atoms with Crippen LogP contribution < -0.4 is 10.1 Å². The van der Waals surface area contributed by atoms with Crippen molar-refractivity contribution < 1.29 is 9.53 Å². The van der Waals surface area contributed by atoms with Crippen LogP contribution in [-0.4, -0.2) is 23.0 Å². The van der Waals surface area contributed by atoms with Gasteiger partial charge in [-0.25, -0.2) is 9.97 Å². The van der Waals surface area contributed by atoms with E-state index in [2.05, 4.69) is 20.7 Å². The van der Waals surface area contributed by atoms with Gasteiger partial charge >= 0.3 is 0 Å². The zero-order valence-electron chi connectivity index (χ0n) is 17.3. The van der Waals surface area contributed by atoms with Crippen LogP contribution in [0.3, 0.4) is 0 Å². The highest BCUT2D eigenvalue weighted by molar-refractivity contribution is 7.98. The summed E-state index contributed by atoms with van der Waals surface area (Å²) < 4.78 is 5.47. The van der Waals surface area contributed by atoms with Crippen molar-refractivity contribution in [3.8, 4) is 17.0 Å². The number of ether oxygens (including phenoxy) is 1. The van der Waals surface area contributed by atoms with Gasteiger partial charge in [-0.15, -0.1) is 34.4 Å². The van der Waals surface area contributed by atoms with Crippen molar-refractivity contribution in [1.82, 2.24) is 9.97 Å². The van der Waals surface area contributed by atoms with Gasteiger partial charge in [0.15, 0.2) is 5.13 Å². The van der Waals surface area contributed by atoms with E-state index in [1.54, 1.807) is 30.2 Å². The SMILES string of the molecule is COc1ccc(C)cc1-c1csc(NC(=O)c2ccccc2SCc2csc(C)n2)n1. The zero-order valence-corrected chi connectivity index (χ0v) is 19.8. The molecule has 2 aromatic carbocycles. The van der Waals surface area contributed by atoms with Crippen LogP contribution in [0.25, 0.3) is 11.3 Å². The summed E-state index contributed by atoms with van der Waals surface area (Å²) in [4.78, 5) is 23.0. The first-order valence-corrected chi connectivity index (χ1v) is 12.3. The largest absolute Gasteiger partial charge is 0.496 e. The Labute approximate surface area is 193 Å². The zero-order chi connectivity index (χ0) is 21.8. The van der Waals surface area contributed by atoms with Gasteiger partial charge in [-0.05, 0) is 38.1 Å². The number of hydrogen-bond acceptors (Lipinski definition) is 7. The van der Waals surface area contributed by atoms with E-state index in [0.29, 0.717) is 10.7 Å². The molecule has 0 radical (unpaired) electrons. The summed E-state index contributed by atoms with van der Waals surface area (Å²) in [5.41, 5.74) is 4.47. The number of aromatic nitrogens is 2. The molecular weight excluding hydrogens is 446 g/mol. The molecule has 2 aromatic heterocycles. The van der Waals surface area contributed by atoms with Gasteiger partial charge in [0, 0.05) is 27.0 Å². The molecule has 158 valence electrons. The number of amides is 1. The van der Waals surface area contributed by atoms with Gasteiger partial charge in [0.2, 0.25) is 0 Å². The van der Waals surface area contributed by atoms with Crippen LogP contribution in [0.2, 0.25) is 0 Å². The van der Waals surface area contributed by atoms with Crippen molar-refractivity contribution >= 4 is 45.5 Å². The molecule has 0 saturated heterocycles. The summed E-state index contributed by atoms with van der Waals surface area (Å²) >= 11 is 4.64. The standard InChI is InChI=1S/C23H21N3O2S3/c1-14-8-9-20(28-3)18(10-14)19-13-31-23(25-19)26-22(27)17-6-4-5-7-21(17)30-12-16-11-29-15(2)24-16/h4-11,13H,12H2,1-3H3,(H,25,26,27). The topological polar surface area (TPSA) is 64.1 Å². The maximum atomic E-state index is 13.0. The van der Waals surface area contributed by atoms with Crippen LogP contribution in [0.4, 0.5) is 5.13 Å². The molecule has 31 heavy (non-hydrogen) atoms. The second-order valence-electron chi connectivity index (χ2n) is 6.84. The van der Waals surface area contributed by atoms with Crippen LogP contribution in [0, 0.1) is 13.8 Å². The minimum atomic E-state index is -0.172. The Morgan fingerprint density at radius 1 is 1.10 bits per heavy atom. The summed E-state index contributed by atoms with van der Waals surface area (Å²) in [7, 11) is 1.64. The normalized spacial score (nSPS) is 10.8. The van der Waals surface area contributed by atoms with E-state index in [0.717, 1.165) is 43.9 Å². The number of aryl methyl sites for hydroxylation is 2. The molecule has 0 aliphatic carbocycles. The van der Waals surface area contributed by atoms with E-state index < -0.39 is 0 Å². The third-order valence-electron chi connectivity index (χ3n) is 4.53. The lowest BCUT2D eigenvalue weighted by Crippen LogP contribution is -2.12. The molecule has 0 atom stereocenters. The molecule has 0 bridgehead atoms. The lowest BCUT2D eigenvalue weighted by atomic mass is 10.1. The number of rotatable bonds is 7. The highest BCUT2D eigenvalue weighted by Gasteiger charge is 2.16. The van der Waals surface area contributed by atoms with Crippen LogP contribution in [0.5, 0.6) is 5.75 Å². The number of methoxy groups -OCH3 is 1. The molecule has 4 aromatic rings. The quantitative estimate of drug-likeness (QED) is 0.317. The van der Waals surface area contributed by atoms with E-state index in [-0.39, 0.29) is 5.91 Å². The molecule has 2 heterocycles. The molecule has 1 amide bonds. The highest BCUT2D eigenvalue weighted by atomic mass is 32.2. The van der Waals surface area contributed by atoms with Crippen LogP contribution in [0.15, 0.2) is 58.1 Å². The third-order valence-corrected chi connectivity index (χ3v) is 7.22. The van der Waals surface area contributed by atoms with Crippen molar-refractivity contribution in [2.45, 2.75) is 24.5 Å². The molecule has 0 unspecified atom stereocenters. The lowest BCUT2D eigenvalue weighted by Gasteiger charge is -2.08. The number of carbonyl (C=O) groups is 1. The minimum absolute atomic E-state index is 0.172. The Morgan fingerprint density at radius 3 is 2.71 bits per heavy atom. The first-order valence-electron chi connectivity index (χ1n) is 9.58. The highest BCUT2D eigenvalue weighted by Crippen LogP contribution is 2.33. The molecule has 1 N–H and O–H groups in total. The Balaban J connectivity index is 1.50. The van der Waals surface area contributed by atoms with E-state index in [9.17, 15) is 4.79 Å². The van der Waals surface area contributed by atoms with Gasteiger partial charge < -0.3 is 4.74 Å². The average Bonchev–Trinajstić information content (AvgIpc) is 3.41. The molecular formula is C23H21N3O2S3. The van der Waals surface area contributed by atoms with Crippen molar-refractivity contribution in [1.29, 1.82) is 0 Å². The molecule has 4 rings (SSSR count). The van der Waals surface area contributed by atoms with Crippen LogP contribution >= 0.6 is 34.4 Å². The maximum absolute atomic E-state index is 13.0. The van der Waals surface area contributed by atoms with Gasteiger partial charge in [-0.1, -0.05) is 23.8 Å². The second kappa shape index (κ2) is 9.64. The van der Waals surface area contributed by atoms with E-state index in [4.69, 9.17) is 4.74 Å². The Morgan fingerprint density at radius 2 is 1.94 bits per heavy atom. The Kier molecular flexibility index (Phi) is 6.70. The average molecular weight is 468 g/mol. The third kappa shape index (κ3) is 5.15. The molecule has 0 aliphatic rings. The summed E-state index contributed by atoms with van der Waals surface area (Å²) in [5.74, 6) is 1.31. The monoisotopic (exact) mass is 467 g/mol. The first kappa shape index (κ1) is 21.5. The number of thiazole rings is 2. The van der Waals surface area contributed by atoms with Crippen LogP contribution in [0.1, 0.15) is 26.6 Å². The van der Waals surface area contributed by atoms with E-state index >= 15 is 0 Å². The van der Waals surface area contributed by atoms with Crippen molar-refractivity contribution in [3.05, 3.63) is 75.1 Å². The van der Waals surface area contributed by atoms with Crippen LogP contribution in [-0.2, 0) is 5.75 Å². The number of nitrogens with one attached hydrogen (secondary N) is 1. The molecule has 0 spiro atoms. The summed E-state index contributed by atoms with van der Waals surface area (Å²) in [6.07, 6.45) is 0. The fourth-order valence-electron chi connectivity index (χ4n) is 3.05. The molecule has 0 fully saturated rings. The smallest absolute Gasteiger partial charge is 0.258 e. The van der Waals surface area contributed by atoms with E-state index in [1.807, 2.05) is 61.7 Å². The molecule has 8 heteroatoms. The molecule has 5 nitrogen and oxygen atoms in total. The number of thioether (sulfide) groups is 1. The van der Waals surface area contributed by atoms with Gasteiger partial charge in [-0.2, -0.15) is 0 Å². The van der Waals surface area contributed by atoms with Crippen molar-refractivity contribution in [2.24, 2.45) is 0 Å². The maximum Gasteiger partial charge on any atom is 0.258 e. The Bertz CT molecular complexity index is 1220. The van der Waals surface area contributed by atoms with Crippen molar-refractivity contribution in [3.63, 3.8) is 0 Å². The van der Waals surface area contributed by atoms with Gasteiger partial charge in [0.1, 0.15) is 5.75 Å². The molecule has 0 aliphatic heterocycles. The predicted molar refractivity (Wildman–Crippen MR) is 130 cm³/mol. The number of benzene rings is 2. The number of nitrogens with zero attached hydrogens (tertiary/aromatic N) is 2. The first-order chi connectivity index (χ1) is 15.0. The summed E-state index contributed by atoms with van der Waals surface area (Å²) in [6.45, 7) is 4.02. The number of anilines is 1. The van der Waals surface area contributed by atoms with E-state index in [1.165, 1.54) is 11.3 Å². The van der Waals surface area contributed by atoms with Gasteiger partial charge in [0.25, 0.3) is 5.91 Å². The van der Waals surface area contributed by atoms with Gasteiger partial charge in [0.05, 0.1) is 29.1 Å². The lowest BCUT2D eigenvalue weighted by molar-refractivity contribution is 0.102. The predicted octanol–water partition coefficient (Wildman–Crippen LogP) is 6.44. The fourth-order valence-corrected chi connectivity index (χ4v) is 5.41. The van der Waals surface area contributed by atoms with Gasteiger partial charge in [-0.3, -0.25) is 10.1 Å².